The second-order valence-corrected chi connectivity index (χ2v) is 5.30. The van der Waals surface area contributed by atoms with Crippen molar-refractivity contribution in [3.63, 3.8) is 0 Å². The molecule has 6 nitrogen and oxygen atoms in total. The summed E-state index contributed by atoms with van der Waals surface area (Å²) in [5.41, 5.74) is 0.800. The van der Waals surface area contributed by atoms with Gasteiger partial charge in [0.1, 0.15) is 6.61 Å². The minimum atomic E-state index is -0.889. The molecule has 0 fully saturated rings. The van der Waals surface area contributed by atoms with Gasteiger partial charge in [0, 0.05) is 22.3 Å². The molecule has 7 heteroatoms. The van der Waals surface area contributed by atoms with Crippen molar-refractivity contribution < 1.29 is 14.8 Å². The number of aliphatic hydroxyl groups is 1. The van der Waals surface area contributed by atoms with Crippen LogP contribution in [0.3, 0.4) is 0 Å². The number of aromatic nitrogens is 1. The smallest absolute Gasteiger partial charge is 0.312 e. The molecular weight excluding hydrogens is 340 g/mol. The highest BCUT2D eigenvalue weighted by Crippen LogP contribution is 2.38. The quantitative estimate of drug-likeness (QED) is 0.658. The van der Waals surface area contributed by atoms with Gasteiger partial charge in [0.25, 0.3) is 0 Å². The number of rotatable bonds is 5. The summed E-state index contributed by atoms with van der Waals surface area (Å²) in [6, 6.07) is 8.28. The predicted octanol–water partition coefficient (Wildman–Crippen LogP) is 3.38. The normalized spacial score (nSPS) is 12.0. The van der Waals surface area contributed by atoms with Gasteiger partial charge in [-0.05, 0) is 25.1 Å². The van der Waals surface area contributed by atoms with Crippen LogP contribution in [0.4, 0.5) is 5.69 Å². The molecule has 0 aliphatic rings. The van der Waals surface area contributed by atoms with Crippen LogP contribution in [0.1, 0.15) is 24.3 Å². The van der Waals surface area contributed by atoms with E-state index in [1.165, 1.54) is 13.0 Å². The molecule has 2 rings (SSSR count). The van der Waals surface area contributed by atoms with E-state index in [4.69, 9.17) is 4.74 Å². The van der Waals surface area contributed by atoms with E-state index in [0.29, 0.717) is 15.7 Å². The lowest BCUT2D eigenvalue weighted by Gasteiger charge is -2.14. The van der Waals surface area contributed by atoms with E-state index in [2.05, 4.69) is 20.9 Å². The molecule has 2 aromatic rings. The topological polar surface area (TPSA) is 85.5 Å². The molecular formula is C14H13BrN2O4. The van der Waals surface area contributed by atoms with Crippen LogP contribution >= 0.6 is 15.9 Å². The maximum absolute atomic E-state index is 11.2. The van der Waals surface area contributed by atoms with Crippen molar-refractivity contribution >= 4 is 21.6 Å². The van der Waals surface area contributed by atoms with Gasteiger partial charge < -0.3 is 9.84 Å². The Morgan fingerprint density at radius 3 is 2.81 bits per heavy atom. The van der Waals surface area contributed by atoms with Crippen LogP contribution in [0.15, 0.2) is 41.0 Å². The third kappa shape index (κ3) is 3.77. The predicted molar refractivity (Wildman–Crippen MR) is 80.0 cm³/mol. The first-order valence-corrected chi connectivity index (χ1v) is 6.97. The second-order valence-electron chi connectivity index (χ2n) is 4.39. The van der Waals surface area contributed by atoms with Crippen molar-refractivity contribution in [2.75, 3.05) is 0 Å². The molecule has 0 bridgehead atoms. The van der Waals surface area contributed by atoms with E-state index in [1.54, 1.807) is 30.5 Å². The molecule has 1 N–H and O–H groups in total. The molecule has 0 aliphatic carbocycles. The lowest BCUT2D eigenvalue weighted by molar-refractivity contribution is -0.386. The van der Waals surface area contributed by atoms with Gasteiger partial charge in [-0.15, -0.1) is 0 Å². The molecule has 1 heterocycles. The minimum absolute atomic E-state index is 0.0591. The Balaban J connectivity index is 2.38. The Kier molecular flexibility index (Phi) is 4.87. The van der Waals surface area contributed by atoms with Gasteiger partial charge in [0.05, 0.1) is 16.7 Å². The molecule has 0 saturated carbocycles. The molecule has 0 spiro atoms. The monoisotopic (exact) mass is 352 g/mol. The van der Waals surface area contributed by atoms with Gasteiger partial charge in [-0.3, -0.25) is 15.1 Å². The summed E-state index contributed by atoms with van der Waals surface area (Å²) in [6.45, 7) is 1.61. The number of nitrogens with zero attached hydrogens (tertiary/aromatic N) is 2. The highest BCUT2D eigenvalue weighted by Gasteiger charge is 2.23. The van der Waals surface area contributed by atoms with Gasteiger partial charge in [-0.25, -0.2) is 0 Å². The van der Waals surface area contributed by atoms with Gasteiger partial charge in [0.2, 0.25) is 5.75 Å². The molecule has 1 aromatic carbocycles. The fourth-order valence-corrected chi connectivity index (χ4v) is 2.30. The van der Waals surface area contributed by atoms with Crippen molar-refractivity contribution in [1.82, 2.24) is 4.98 Å². The number of ether oxygens (including phenoxy) is 1. The number of hydrogen-bond acceptors (Lipinski definition) is 5. The summed E-state index contributed by atoms with van der Waals surface area (Å²) in [4.78, 5) is 14.7. The molecule has 110 valence electrons. The average Bonchev–Trinajstić information content (AvgIpc) is 2.46. The van der Waals surface area contributed by atoms with Gasteiger partial charge >= 0.3 is 5.69 Å². The van der Waals surface area contributed by atoms with Gasteiger partial charge in [0.15, 0.2) is 0 Å². The maximum atomic E-state index is 11.2. The van der Waals surface area contributed by atoms with E-state index in [9.17, 15) is 15.2 Å². The largest absolute Gasteiger partial charge is 0.480 e. The molecule has 1 atom stereocenters. The van der Waals surface area contributed by atoms with Crippen molar-refractivity contribution in [2.24, 2.45) is 0 Å². The highest BCUT2D eigenvalue weighted by atomic mass is 79.9. The standard InChI is InChI=1S/C14H13BrN2O4/c1-9(18)12-6-10(15)7-13(17(19)20)14(12)21-8-11-4-2-3-5-16-11/h2-7,9,18H,8H2,1H3/t9-/m1/s1. The summed E-state index contributed by atoms with van der Waals surface area (Å²) in [5.74, 6) is 0.0591. The summed E-state index contributed by atoms with van der Waals surface area (Å²) < 4.78 is 6.06. The van der Waals surface area contributed by atoms with Crippen molar-refractivity contribution in [1.29, 1.82) is 0 Å². The number of hydrogen-bond donors (Lipinski definition) is 1. The van der Waals surface area contributed by atoms with Crippen LogP contribution in [-0.2, 0) is 6.61 Å². The lowest BCUT2D eigenvalue weighted by Crippen LogP contribution is -2.05. The first kappa shape index (κ1) is 15.4. The Hall–Kier alpha value is -1.99. The fraction of sp³-hybridized carbons (Fsp3) is 0.214. The van der Waals surface area contributed by atoms with Gasteiger partial charge in [-0.1, -0.05) is 22.0 Å². The lowest BCUT2D eigenvalue weighted by atomic mass is 10.1. The fourth-order valence-electron chi connectivity index (χ4n) is 1.83. The number of nitro groups is 1. The van der Waals surface area contributed by atoms with Crippen molar-refractivity contribution in [3.05, 3.63) is 62.4 Å². The van der Waals surface area contributed by atoms with Crippen LogP contribution in [-0.4, -0.2) is 15.0 Å². The Labute approximate surface area is 129 Å². The van der Waals surface area contributed by atoms with Crippen molar-refractivity contribution in [3.8, 4) is 5.75 Å². The molecule has 21 heavy (non-hydrogen) atoms. The number of aliphatic hydroxyl groups excluding tert-OH is 1. The van der Waals surface area contributed by atoms with Gasteiger partial charge in [-0.2, -0.15) is 0 Å². The summed E-state index contributed by atoms with van der Waals surface area (Å²) in [6.07, 6.45) is 0.726. The van der Waals surface area contributed by atoms with E-state index in [0.717, 1.165) is 0 Å². The molecule has 0 amide bonds. The zero-order chi connectivity index (χ0) is 15.4. The van der Waals surface area contributed by atoms with Crippen LogP contribution in [0.2, 0.25) is 0 Å². The number of halogens is 1. The first-order valence-electron chi connectivity index (χ1n) is 6.17. The third-order valence-electron chi connectivity index (χ3n) is 2.80. The molecule has 1 aromatic heterocycles. The van der Waals surface area contributed by atoms with Crippen LogP contribution in [0, 0.1) is 10.1 Å². The van der Waals surface area contributed by atoms with Crippen LogP contribution in [0.25, 0.3) is 0 Å². The molecule has 0 saturated heterocycles. The number of nitro benzene ring substituents is 1. The number of pyridine rings is 1. The molecule has 0 unspecified atom stereocenters. The molecule has 0 radical (unpaired) electrons. The third-order valence-corrected chi connectivity index (χ3v) is 3.26. The number of benzene rings is 1. The Morgan fingerprint density at radius 2 is 2.24 bits per heavy atom. The van der Waals surface area contributed by atoms with E-state index < -0.39 is 11.0 Å². The minimum Gasteiger partial charge on any atom is -0.480 e. The summed E-state index contributed by atoms with van der Waals surface area (Å²) >= 11 is 3.20. The Morgan fingerprint density at radius 1 is 1.48 bits per heavy atom. The van der Waals surface area contributed by atoms with E-state index in [-0.39, 0.29) is 18.0 Å². The SMILES string of the molecule is C[C@@H](O)c1cc(Br)cc([N+](=O)[O-])c1OCc1ccccn1. The first-order chi connectivity index (χ1) is 9.99. The molecule has 0 aliphatic heterocycles. The summed E-state index contributed by atoms with van der Waals surface area (Å²) in [5, 5.41) is 21.0. The zero-order valence-electron chi connectivity index (χ0n) is 11.2. The Bertz CT molecular complexity index is 647. The van der Waals surface area contributed by atoms with Crippen LogP contribution < -0.4 is 4.74 Å². The van der Waals surface area contributed by atoms with E-state index >= 15 is 0 Å². The maximum Gasteiger partial charge on any atom is 0.312 e. The van der Waals surface area contributed by atoms with Crippen LogP contribution in [0.5, 0.6) is 5.75 Å². The van der Waals surface area contributed by atoms with E-state index in [1.807, 2.05) is 0 Å². The zero-order valence-corrected chi connectivity index (χ0v) is 12.8. The average molecular weight is 353 g/mol. The highest BCUT2D eigenvalue weighted by molar-refractivity contribution is 9.10. The second kappa shape index (κ2) is 6.64. The van der Waals surface area contributed by atoms with Crippen molar-refractivity contribution in [2.45, 2.75) is 19.6 Å². The summed E-state index contributed by atoms with van der Waals surface area (Å²) in [7, 11) is 0.